The van der Waals surface area contributed by atoms with Gasteiger partial charge in [-0.05, 0) is 29.7 Å². The number of benzene rings is 2. The van der Waals surface area contributed by atoms with Crippen LogP contribution in [0.5, 0.6) is 5.75 Å². The second-order valence-electron chi connectivity index (χ2n) is 4.60. The predicted molar refractivity (Wildman–Crippen MR) is 78.8 cm³/mol. The number of fused-ring (bicyclic) bond motifs is 1. The maximum atomic E-state index is 14.2. The molecule has 0 radical (unpaired) electrons. The lowest BCUT2D eigenvalue weighted by Gasteiger charge is -2.12. The molecular weight excluding hydrogens is 294 g/mol. The standard InChI is InChI=1S/C16H12F2O2S/c1-20-12-4-2-3-11(15(12)18)16(19)14-7-9-5-6-10(17)8-13(9)21-14/h2-8,16,19H,1H3. The molecular formula is C16H12F2O2S. The summed E-state index contributed by atoms with van der Waals surface area (Å²) >= 11 is 1.24. The number of aliphatic hydroxyl groups excluding tert-OH is 1. The van der Waals surface area contributed by atoms with Crippen LogP contribution < -0.4 is 4.74 Å². The van der Waals surface area contributed by atoms with Crippen LogP contribution in [-0.2, 0) is 0 Å². The van der Waals surface area contributed by atoms with E-state index in [4.69, 9.17) is 4.74 Å². The summed E-state index contributed by atoms with van der Waals surface area (Å²) in [5, 5.41) is 11.2. The summed E-state index contributed by atoms with van der Waals surface area (Å²) < 4.78 is 33.0. The first-order valence-electron chi connectivity index (χ1n) is 6.29. The van der Waals surface area contributed by atoms with Gasteiger partial charge in [0.05, 0.1) is 7.11 Å². The Labute approximate surface area is 124 Å². The highest BCUT2D eigenvalue weighted by molar-refractivity contribution is 7.19. The summed E-state index contributed by atoms with van der Waals surface area (Å²) in [4.78, 5) is 0.558. The van der Waals surface area contributed by atoms with E-state index >= 15 is 0 Å². The van der Waals surface area contributed by atoms with Crippen LogP contribution in [0.2, 0.25) is 0 Å². The third-order valence-corrected chi connectivity index (χ3v) is 4.43. The summed E-state index contributed by atoms with van der Waals surface area (Å²) in [6, 6.07) is 10.8. The molecule has 2 nitrogen and oxygen atoms in total. The van der Waals surface area contributed by atoms with Gasteiger partial charge in [0.2, 0.25) is 0 Å². The van der Waals surface area contributed by atoms with Crippen LogP contribution in [0.3, 0.4) is 0 Å². The number of rotatable bonds is 3. The lowest BCUT2D eigenvalue weighted by atomic mass is 10.1. The fraction of sp³-hybridized carbons (Fsp3) is 0.125. The van der Waals surface area contributed by atoms with E-state index in [1.165, 1.54) is 42.7 Å². The zero-order valence-corrected chi connectivity index (χ0v) is 12.0. The minimum absolute atomic E-state index is 0.0821. The van der Waals surface area contributed by atoms with Gasteiger partial charge in [-0.1, -0.05) is 18.2 Å². The van der Waals surface area contributed by atoms with Gasteiger partial charge in [-0.25, -0.2) is 8.78 Å². The molecule has 0 bridgehead atoms. The Balaban J connectivity index is 2.06. The minimum Gasteiger partial charge on any atom is -0.494 e. The van der Waals surface area contributed by atoms with Crippen molar-refractivity contribution in [3.63, 3.8) is 0 Å². The lowest BCUT2D eigenvalue weighted by Crippen LogP contribution is -2.02. The molecule has 21 heavy (non-hydrogen) atoms. The molecule has 0 saturated carbocycles. The molecule has 1 atom stereocenters. The minimum atomic E-state index is -1.11. The molecule has 1 N–H and O–H groups in total. The van der Waals surface area contributed by atoms with Crippen molar-refractivity contribution in [1.29, 1.82) is 0 Å². The molecule has 3 aromatic rings. The summed E-state index contributed by atoms with van der Waals surface area (Å²) in [5.41, 5.74) is 0.140. The highest BCUT2D eigenvalue weighted by atomic mass is 32.1. The Bertz CT molecular complexity index is 798. The molecule has 108 valence electrons. The fourth-order valence-corrected chi connectivity index (χ4v) is 3.30. The van der Waals surface area contributed by atoms with Gasteiger partial charge in [-0.15, -0.1) is 11.3 Å². The largest absolute Gasteiger partial charge is 0.494 e. The van der Waals surface area contributed by atoms with Crippen LogP contribution in [0, 0.1) is 11.6 Å². The number of hydrogen-bond acceptors (Lipinski definition) is 3. The topological polar surface area (TPSA) is 29.5 Å². The summed E-state index contributed by atoms with van der Waals surface area (Å²) in [6.45, 7) is 0. The quantitative estimate of drug-likeness (QED) is 0.783. The number of aliphatic hydroxyl groups is 1. The Kier molecular flexibility index (Phi) is 3.61. The number of halogens is 2. The van der Waals surface area contributed by atoms with Crippen LogP contribution in [0.15, 0.2) is 42.5 Å². The van der Waals surface area contributed by atoms with Gasteiger partial charge in [0.25, 0.3) is 0 Å². The third-order valence-electron chi connectivity index (χ3n) is 3.28. The Morgan fingerprint density at radius 3 is 2.71 bits per heavy atom. The molecule has 0 spiro atoms. The smallest absolute Gasteiger partial charge is 0.171 e. The first-order valence-corrected chi connectivity index (χ1v) is 7.11. The van der Waals surface area contributed by atoms with Gasteiger partial charge in [0.1, 0.15) is 11.9 Å². The van der Waals surface area contributed by atoms with Crippen LogP contribution in [0.25, 0.3) is 10.1 Å². The van der Waals surface area contributed by atoms with Crippen molar-refractivity contribution in [3.8, 4) is 5.75 Å². The Morgan fingerprint density at radius 1 is 1.14 bits per heavy atom. The normalized spacial score (nSPS) is 12.6. The first-order chi connectivity index (χ1) is 10.1. The summed E-state index contributed by atoms with van der Waals surface area (Å²) in [5.74, 6) is -0.840. The van der Waals surface area contributed by atoms with E-state index in [1.54, 1.807) is 18.2 Å². The van der Waals surface area contributed by atoms with Gasteiger partial charge in [-0.2, -0.15) is 0 Å². The van der Waals surface area contributed by atoms with Crippen LogP contribution in [0.4, 0.5) is 8.78 Å². The predicted octanol–water partition coefficient (Wildman–Crippen LogP) is 4.27. The van der Waals surface area contributed by atoms with E-state index in [0.717, 1.165) is 5.39 Å². The summed E-state index contributed by atoms with van der Waals surface area (Å²) in [7, 11) is 1.37. The van der Waals surface area contributed by atoms with Crippen LogP contribution in [0.1, 0.15) is 16.5 Å². The number of hydrogen-bond donors (Lipinski definition) is 1. The molecule has 0 aliphatic rings. The first kappa shape index (κ1) is 14.0. The average Bonchev–Trinajstić information content (AvgIpc) is 2.89. The maximum absolute atomic E-state index is 14.2. The van der Waals surface area contributed by atoms with Crippen molar-refractivity contribution in [2.45, 2.75) is 6.10 Å². The van der Waals surface area contributed by atoms with Gasteiger partial charge in [-0.3, -0.25) is 0 Å². The highest BCUT2D eigenvalue weighted by Crippen LogP contribution is 2.35. The third kappa shape index (κ3) is 2.50. The molecule has 0 fully saturated rings. The lowest BCUT2D eigenvalue weighted by molar-refractivity contribution is 0.217. The van der Waals surface area contributed by atoms with E-state index in [9.17, 15) is 13.9 Å². The van der Waals surface area contributed by atoms with E-state index in [0.29, 0.717) is 9.58 Å². The fourth-order valence-electron chi connectivity index (χ4n) is 2.21. The molecule has 0 aliphatic carbocycles. The molecule has 0 amide bonds. The second kappa shape index (κ2) is 5.42. The SMILES string of the molecule is COc1cccc(C(O)c2cc3ccc(F)cc3s2)c1F. The molecule has 2 aromatic carbocycles. The Morgan fingerprint density at radius 2 is 1.95 bits per heavy atom. The average molecular weight is 306 g/mol. The van der Waals surface area contributed by atoms with Gasteiger partial charge in [0, 0.05) is 15.1 Å². The molecule has 0 saturated heterocycles. The van der Waals surface area contributed by atoms with Crippen molar-refractivity contribution in [1.82, 2.24) is 0 Å². The van der Waals surface area contributed by atoms with E-state index in [1.807, 2.05) is 0 Å². The zero-order chi connectivity index (χ0) is 15.0. The van der Waals surface area contributed by atoms with E-state index in [-0.39, 0.29) is 17.1 Å². The van der Waals surface area contributed by atoms with Gasteiger partial charge < -0.3 is 9.84 Å². The maximum Gasteiger partial charge on any atom is 0.171 e. The monoisotopic (exact) mass is 306 g/mol. The van der Waals surface area contributed by atoms with E-state index in [2.05, 4.69) is 0 Å². The molecule has 1 aromatic heterocycles. The molecule has 5 heteroatoms. The number of thiophene rings is 1. The van der Waals surface area contributed by atoms with Crippen LogP contribution >= 0.6 is 11.3 Å². The van der Waals surface area contributed by atoms with Crippen molar-refractivity contribution in [2.24, 2.45) is 0 Å². The van der Waals surface area contributed by atoms with Crippen LogP contribution in [-0.4, -0.2) is 12.2 Å². The second-order valence-corrected chi connectivity index (χ2v) is 5.71. The number of methoxy groups -OCH3 is 1. The molecule has 3 rings (SSSR count). The van der Waals surface area contributed by atoms with Gasteiger partial charge in [0.15, 0.2) is 11.6 Å². The highest BCUT2D eigenvalue weighted by Gasteiger charge is 2.20. The van der Waals surface area contributed by atoms with E-state index < -0.39 is 11.9 Å². The molecule has 1 unspecified atom stereocenters. The van der Waals surface area contributed by atoms with Crippen molar-refractivity contribution >= 4 is 21.4 Å². The van der Waals surface area contributed by atoms with Gasteiger partial charge >= 0.3 is 0 Å². The molecule has 0 aliphatic heterocycles. The zero-order valence-electron chi connectivity index (χ0n) is 11.1. The van der Waals surface area contributed by atoms with Crippen molar-refractivity contribution < 1.29 is 18.6 Å². The number of ether oxygens (including phenoxy) is 1. The van der Waals surface area contributed by atoms with Crippen molar-refractivity contribution in [3.05, 3.63) is 64.5 Å². The Hall–Kier alpha value is -1.98. The molecule has 1 heterocycles. The van der Waals surface area contributed by atoms with Crippen molar-refractivity contribution in [2.75, 3.05) is 7.11 Å². The summed E-state index contributed by atoms with van der Waals surface area (Å²) in [6.07, 6.45) is -1.11.